The molecule has 1 amide bonds. The molecular weight excluding hydrogens is 306 g/mol. The van der Waals surface area contributed by atoms with E-state index in [1.807, 2.05) is 31.2 Å². The van der Waals surface area contributed by atoms with Crippen LogP contribution in [0.15, 0.2) is 24.3 Å². The first-order valence-corrected chi connectivity index (χ1v) is 8.11. The third-order valence-corrected chi connectivity index (χ3v) is 4.49. The van der Waals surface area contributed by atoms with Crippen LogP contribution in [0, 0.1) is 12.8 Å². The summed E-state index contributed by atoms with van der Waals surface area (Å²) in [6, 6.07) is 7.71. The van der Waals surface area contributed by atoms with Gasteiger partial charge in [-0.1, -0.05) is 0 Å². The molecule has 126 valence electrons. The molecule has 1 fully saturated rings. The Morgan fingerprint density at radius 2 is 1.96 bits per heavy atom. The maximum absolute atomic E-state index is 11.2. The van der Waals surface area contributed by atoms with Crippen LogP contribution in [0.4, 0.5) is 11.5 Å². The summed E-state index contributed by atoms with van der Waals surface area (Å²) in [5.41, 5.74) is 2.72. The van der Waals surface area contributed by atoms with Gasteiger partial charge in [0.05, 0.1) is 11.4 Å². The molecule has 3 rings (SSSR count). The number of nitrogens with zero attached hydrogens (tertiary/aromatic N) is 2. The van der Waals surface area contributed by atoms with Crippen molar-refractivity contribution in [1.82, 2.24) is 4.98 Å². The number of anilines is 2. The van der Waals surface area contributed by atoms with Gasteiger partial charge in [0, 0.05) is 31.1 Å². The number of pyridine rings is 1. The highest BCUT2D eigenvalue weighted by Crippen LogP contribution is 2.28. The van der Waals surface area contributed by atoms with E-state index in [1.54, 1.807) is 0 Å². The number of benzene rings is 1. The molecule has 1 aliphatic rings. The molecule has 1 aromatic carbocycles. The monoisotopic (exact) mass is 327 g/mol. The van der Waals surface area contributed by atoms with E-state index in [4.69, 9.17) is 10.1 Å². The third-order valence-electron chi connectivity index (χ3n) is 4.49. The quantitative estimate of drug-likeness (QED) is 0.906. The summed E-state index contributed by atoms with van der Waals surface area (Å²) < 4.78 is 0. The second-order valence-electron chi connectivity index (χ2n) is 6.31. The number of carboxylic acid groups (broad SMARTS) is 1. The van der Waals surface area contributed by atoms with Crippen molar-refractivity contribution in [1.29, 1.82) is 0 Å². The molecule has 2 aromatic rings. The Bertz CT molecular complexity index is 795. The predicted octanol–water partition coefficient (Wildman–Crippen LogP) is 2.80. The van der Waals surface area contributed by atoms with Crippen LogP contribution >= 0.6 is 0 Å². The van der Waals surface area contributed by atoms with E-state index in [2.05, 4.69) is 10.2 Å². The minimum Gasteiger partial charge on any atom is -0.481 e. The standard InChI is InChI=1S/C18H21N3O3/c1-11-9-17(21-7-5-13(6-8-21)18(23)24)20-16-4-3-14(10-15(11)16)19-12(2)22/h3-4,9-10,13H,5-8H2,1-2H3,(H,19,22)(H,23,24). The predicted molar refractivity (Wildman–Crippen MR) is 93.4 cm³/mol. The minimum absolute atomic E-state index is 0.0992. The van der Waals surface area contributed by atoms with E-state index in [9.17, 15) is 9.59 Å². The number of amides is 1. The molecule has 2 N–H and O–H groups in total. The number of hydrogen-bond donors (Lipinski definition) is 2. The van der Waals surface area contributed by atoms with Gasteiger partial charge in [0.25, 0.3) is 0 Å². The van der Waals surface area contributed by atoms with Gasteiger partial charge >= 0.3 is 5.97 Å². The van der Waals surface area contributed by atoms with E-state index in [0.717, 1.165) is 28.0 Å². The van der Waals surface area contributed by atoms with Gasteiger partial charge in [0.1, 0.15) is 5.82 Å². The number of fused-ring (bicyclic) bond motifs is 1. The fourth-order valence-corrected chi connectivity index (χ4v) is 3.18. The second-order valence-corrected chi connectivity index (χ2v) is 6.31. The van der Waals surface area contributed by atoms with Crippen molar-refractivity contribution >= 4 is 34.3 Å². The van der Waals surface area contributed by atoms with Crippen molar-refractivity contribution in [2.24, 2.45) is 5.92 Å². The lowest BCUT2D eigenvalue weighted by Gasteiger charge is -2.31. The first-order valence-electron chi connectivity index (χ1n) is 8.11. The Labute approximate surface area is 140 Å². The number of aryl methyl sites for hydroxylation is 1. The van der Waals surface area contributed by atoms with Gasteiger partial charge in [-0.05, 0) is 49.6 Å². The molecule has 0 aliphatic carbocycles. The molecule has 0 bridgehead atoms. The number of carboxylic acids is 1. The lowest BCUT2D eigenvalue weighted by atomic mass is 9.97. The molecule has 1 aromatic heterocycles. The second kappa shape index (κ2) is 6.47. The molecule has 24 heavy (non-hydrogen) atoms. The fourth-order valence-electron chi connectivity index (χ4n) is 3.18. The van der Waals surface area contributed by atoms with Gasteiger partial charge in [-0.15, -0.1) is 0 Å². The number of aliphatic carboxylic acids is 1. The minimum atomic E-state index is -0.706. The Balaban J connectivity index is 1.86. The Hall–Kier alpha value is -2.63. The zero-order valence-electron chi connectivity index (χ0n) is 13.9. The average molecular weight is 327 g/mol. The molecule has 1 aliphatic heterocycles. The number of carbonyl (C=O) groups is 2. The fraction of sp³-hybridized carbons (Fsp3) is 0.389. The maximum Gasteiger partial charge on any atom is 0.306 e. The lowest BCUT2D eigenvalue weighted by Crippen LogP contribution is -2.36. The summed E-state index contributed by atoms with van der Waals surface area (Å²) in [5.74, 6) is -0.167. The lowest BCUT2D eigenvalue weighted by molar-refractivity contribution is -0.142. The normalized spacial score (nSPS) is 15.5. The Morgan fingerprint density at radius 1 is 1.25 bits per heavy atom. The zero-order valence-corrected chi connectivity index (χ0v) is 13.9. The SMILES string of the molecule is CC(=O)Nc1ccc2nc(N3CCC(C(=O)O)CC3)cc(C)c2c1. The van der Waals surface area contributed by atoms with Gasteiger partial charge in [0.2, 0.25) is 5.91 Å². The number of rotatable bonds is 3. The number of nitrogens with one attached hydrogen (secondary N) is 1. The van der Waals surface area contributed by atoms with E-state index >= 15 is 0 Å². The number of aromatic nitrogens is 1. The van der Waals surface area contributed by atoms with Crippen molar-refractivity contribution in [2.75, 3.05) is 23.3 Å². The molecule has 0 radical (unpaired) electrons. The number of piperidine rings is 1. The van der Waals surface area contributed by atoms with Crippen molar-refractivity contribution < 1.29 is 14.7 Å². The highest BCUT2D eigenvalue weighted by molar-refractivity contribution is 5.93. The van der Waals surface area contributed by atoms with Crippen LogP contribution in [0.1, 0.15) is 25.3 Å². The van der Waals surface area contributed by atoms with Crippen molar-refractivity contribution in [3.8, 4) is 0 Å². The van der Waals surface area contributed by atoms with Gasteiger partial charge in [-0.25, -0.2) is 4.98 Å². The highest BCUT2D eigenvalue weighted by atomic mass is 16.4. The Morgan fingerprint density at radius 3 is 2.58 bits per heavy atom. The van der Waals surface area contributed by atoms with Crippen LogP contribution < -0.4 is 10.2 Å². The summed E-state index contributed by atoms with van der Waals surface area (Å²) >= 11 is 0. The molecule has 0 spiro atoms. The molecule has 0 unspecified atom stereocenters. The highest BCUT2D eigenvalue weighted by Gasteiger charge is 2.25. The van der Waals surface area contributed by atoms with Crippen molar-refractivity contribution in [3.05, 3.63) is 29.8 Å². The van der Waals surface area contributed by atoms with E-state index in [0.29, 0.717) is 25.9 Å². The van der Waals surface area contributed by atoms with Gasteiger partial charge < -0.3 is 15.3 Å². The topological polar surface area (TPSA) is 82.5 Å². The van der Waals surface area contributed by atoms with E-state index in [1.165, 1.54) is 6.92 Å². The number of carbonyl (C=O) groups excluding carboxylic acids is 1. The average Bonchev–Trinajstić information content (AvgIpc) is 2.55. The first-order chi connectivity index (χ1) is 11.4. The van der Waals surface area contributed by atoms with Crippen molar-refractivity contribution in [3.63, 3.8) is 0 Å². The van der Waals surface area contributed by atoms with E-state index < -0.39 is 5.97 Å². The summed E-state index contributed by atoms with van der Waals surface area (Å²) in [6.07, 6.45) is 1.30. The van der Waals surface area contributed by atoms with Crippen LogP contribution in [-0.4, -0.2) is 35.1 Å². The molecule has 2 heterocycles. The van der Waals surface area contributed by atoms with Crippen molar-refractivity contribution in [2.45, 2.75) is 26.7 Å². The zero-order chi connectivity index (χ0) is 17.3. The third kappa shape index (κ3) is 3.32. The molecule has 6 nitrogen and oxygen atoms in total. The molecule has 6 heteroatoms. The molecule has 1 saturated heterocycles. The summed E-state index contributed by atoms with van der Waals surface area (Å²) in [4.78, 5) is 29.1. The van der Waals surface area contributed by atoms with Crippen LogP contribution in [0.3, 0.4) is 0 Å². The molecular formula is C18H21N3O3. The van der Waals surface area contributed by atoms with Gasteiger partial charge in [0.15, 0.2) is 0 Å². The summed E-state index contributed by atoms with van der Waals surface area (Å²) in [7, 11) is 0. The number of hydrogen-bond acceptors (Lipinski definition) is 4. The van der Waals surface area contributed by atoms with E-state index in [-0.39, 0.29) is 11.8 Å². The van der Waals surface area contributed by atoms with Crippen LogP contribution in [0.2, 0.25) is 0 Å². The van der Waals surface area contributed by atoms with Crippen LogP contribution in [-0.2, 0) is 9.59 Å². The molecule has 0 atom stereocenters. The smallest absolute Gasteiger partial charge is 0.306 e. The first kappa shape index (κ1) is 16.2. The van der Waals surface area contributed by atoms with Gasteiger partial charge in [-0.3, -0.25) is 9.59 Å². The summed E-state index contributed by atoms with van der Waals surface area (Å²) in [5, 5.41) is 12.9. The van der Waals surface area contributed by atoms with Crippen LogP contribution in [0.25, 0.3) is 10.9 Å². The Kier molecular flexibility index (Phi) is 4.38. The van der Waals surface area contributed by atoms with Gasteiger partial charge in [-0.2, -0.15) is 0 Å². The largest absolute Gasteiger partial charge is 0.481 e. The molecule has 0 saturated carbocycles. The summed E-state index contributed by atoms with van der Waals surface area (Å²) in [6.45, 7) is 4.92. The van der Waals surface area contributed by atoms with Crippen LogP contribution in [0.5, 0.6) is 0 Å². The maximum atomic E-state index is 11.2.